The molecule has 3 aliphatic heterocycles. The van der Waals surface area contributed by atoms with E-state index < -0.39 is 0 Å². The predicted octanol–water partition coefficient (Wildman–Crippen LogP) is 1.77. The zero-order valence-corrected chi connectivity index (χ0v) is 17.9. The average molecular weight is 416 g/mol. The van der Waals surface area contributed by atoms with Crippen LogP contribution in [-0.2, 0) is 14.3 Å². The number of piperidine rings is 1. The van der Waals surface area contributed by atoms with E-state index in [2.05, 4.69) is 4.90 Å². The van der Waals surface area contributed by atoms with Gasteiger partial charge in [0.2, 0.25) is 5.91 Å². The molecule has 1 aromatic rings. The van der Waals surface area contributed by atoms with E-state index in [0.717, 1.165) is 77.3 Å². The Morgan fingerprint density at radius 3 is 2.40 bits per heavy atom. The predicted molar refractivity (Wildman–Crippen MR) is 113 cm³/mol. The molecule has 0 radical (unpaired) electrons. The van der Waals surface area contributed by atoms with Gasteiger partial charge in [-0.15, -0.1) is 0 Å². The van der Waals surface area contributed by atoms with E-state index in [9.17, 15) is 9.59 Å². The zero-order chi connectivity index (χ0) is 21.0. The van der Waals surface area contributed by atoms with Crippen molar-refractivity contribution >= 4 is 11.8 Å². The molecule has 3 fully saturated rings. The molecule has 1 atom stereocenters. The normalized spacial score (nSPS) is 24.6. The van der Waals surface area contributed by atoms with Crippen molar-refractivity contribution in [2.75, 3.05) is 52.5 Å². The molecule has 0 bridgehead atoms. The molecule has 1 aromatic carbocycles. The second-order valence-corrected chi connectivity index (χ2v) is 8.70. The molecule has 0 aliphatic carbocycles. The molecule has 7 heteroatoms. The molecule has 30 heavy (non-hydrogen) atoms. The molecular formula is C23H33N3O4. The highest BCUT2D eigenvalue weighted by molar-refractivity contribution is 5.77. The minimum Gasteiger partial charge on any atom is -0.484 e. The number of carbonyl (C=O) groups excluding carboxylic acids is 2. The van der Waals surface area contributed by atoms with Gasteiger partial charge < -0.3 is 19.3 Å². The maximum atomic E-state index is 12.6. The maximum Gasteiger partial charge on any atom is 0.260 e. The molecule has 3 heterocycles. The fourth-order valence-corrected chi connectivity index (χ4v) is 4.98. The first kappa shape index (κ1) is 21.1. The lowest BCUT2D eigenvalue weighted by Crippen LogP contribution is -2.58. The highest BCUT2D eigenvalue weighted by Gasteiger charge is 2.43. The number of hydrogen-bond acceptors (Lipinski definition) is 5. The number of nitrogens with zero attached hydrogens (tertiary/aromatic N) is 3. The summed E-state index contributed by atoms with van der Waals surface area (Å²) in [4.78, 5) is 30.5. The van der Waals surface area contributed by atoms with E-state index in [-0.39, 0.29) is 24.0 Å². The standard InChI is InChI=1S/C23H33N3O4/c1-19(27)24-12-14-25(15-13-24)20-7-16-30-23(17-20)8-10-26(11-9-23)22(28)18-29-21-5-3-2-4-6-21/h2-6,20H,7-18H2,1H3/t20-/m0/s1. The van der Waals surface area contributed by atoms with Gasteiger partial charge in [-0.2, -0.15) is 0 Å². The van der Waals surface area contributed by atoms with Gasteiger partial charge >= 0.3 is 0 Å². The lowest BCUT2D eigenvalue weighted by molar-refractivity contribution is -0.152. The molecule has 0 aromatic heterocycles. The van der Waals surface area contributed by atoms with Gasteiger partial charge in [0.05, 0.1) is 5.60 Å². The summed E-state index contributed by atoms with van der Waals surface area (Å²) < 4.78 is 11.9. The van der Waals surface area contributed by atoms with Crippen molar-refractivity contribution in [2.24, 2.45) is 0 Å². The van der Waals surface area contributed by atoms with Gasteiger partial charge in [-0.1, -0.05) is 18.2 Å². The van der Waals surface area contributed by atoms with Crippen LogP contribution < -0.4 is 4.74 Å². The Hall–Kier alpha value is -2.12. The van der Waals surface area contributed by atoms with Crippen LogP contribution in [0.5, 0.6) is 5.75 Å². The van der Waals surface area contributed by atoms with Crippen LogP contribution in [0.3, 0.4) is 0 Å². The van der Waals surface area contributed by atoms with E-state index in [1.54, 1.807) is 6.92 Å². The summed E-state index contributed by atoms with van der Waals surface area (Å²) in [6.07, 6.45) is 3.84. The van der Waals surface area contributed by atoms with Crippen molar-refractivity contribution in [3.63, 3.8) is 0 Å². The number of piperazine rings is 1. The number of likely N-dealkylation sites (tertiary alicyclic amines) is 1. The zero-order valence-electron chi connectivity index (χ0n) is 17.9. The molecule has 3 aliphatic rings. The third-order valence-corrected chi connectivity index (χ3v) is 6.88. The summed E-state index contributed by atoms with van der Waals surface area (Å²) >= 11 is 0. The fraction of sp³-hybridized carbons (Fsp3) is 0.652. The quantitative estimate of drug-likeness (QED) is 0.750. The molecule has 2 amide bonds. The number of ether oxygens (including phenoxy) is 2. The Morgan fingerprint density at radius 1 is 1.03 bits per heavy atom. The van der Waals surface area contributed by atoms with E-state index in [1.165, 1.54) is 0 Å². The maximum absolute atomic E-state index is 12.6. The molecule has 7 nitrogen and oxygen atoms in total. The van der Waals surface area contributed by atoms with Crippen LogP contribution in [0.25, 0.3) is 0 Å². The number of hydrogen-bond donors (Lipinski definition) is 0. The fourth-order valence-electron chi connectivity index (χ4n) is 4.98. The van der Waals surface area contributed by atoms with E-state index in [4.69, 9.17) is 9.47 Å². The SMILES string of the molecule is CC(=O)N1CCN([C@H]2CCOC3(CCN(C(=O)COc4ccccc4)CC3)C2)CC1. The largest absolute Gasteiger partial charge is 0.484 e. The Morgan fingerprint density at radius 2 is 1.73 bits per heavy atom. The van der Waals surface area contributed by atoms with E-state index in [1.807, 2.05) is 40.1 Å². The summed E-state index contributed by atoms with van der Waals surface area (Å²) in [5.41, 5.74) is -0.113. The van der Waals surface area contributed by atoms with Gasteiger partial charge in [0.25, 0.3) is 5.91 Å². The van der Waals surface area contributed by atoms with Crippen molar-refractivity contribution in [3.8, 4) is 5.75 Å². The number of amides is 2. The highest BCUT2D eigenvalue weighted by atomic mass is 16.5. The summed E-state index contributed by atoms with van der Waals surface area (Å²) in [5.74, 6) is 0.940. The van der Waals surface area contributed by atoms with Crippen LogP contribution in [0.2, 0.25) is 0 Å². The molecule has 0 saturated carbocycles. The lowest BCUT2D eigenvalue weighted by atomic mass is 9.81. The second-order valence-electron chi connectivity index (χ2n) is 8.70. The summed E-state index contributed by atoms with van der Waals surface area (Å²) in [6, 6.07) is 9.98. The lowest BCUT2D eigenvalue weighted by Gasteiger charge is -2.49. The molecule has 4 rings (SSSR count). The van der Waals surface area contributed by atoms with Gasteiger partial charge in [-0.3, -0.25) is 14.5 Å². The number of para-hydroxylation sites is 1. The average Bonchev–Trinajstić information content (AvgIpc) is 2.79. The third-order valence-electron chi connectivity index (χ3n) is 6.88. The summed E-state index contributed by atoms with van der Waals surface area (Å²) in [6.45, 7) is 7.50. The van der Waals surface area contributed by atoms with Crippen molar-refractivity contribution in [1.29, 1.82) is 0 Å². The van der Waals surface area contributed by atoms with Crippen LogP contribution >= 0.6 is 0 Å². The monoisotopic (exact) mass is 415 g/mol. The smallest absolute Gasteiger partial charge is 0.260 e. The molecule has 0 N–H and O–H groups in total. The molecular weight excluding hydrogens is 382 g/mol. The Balaban J connectivity index is 1.25. The van der Waals surface area contributed by atoms with Gasteiger partial charge in [0, 0.05) is 58.8 Å². The molecule has 164 valence electrons. The van der Waals surface area contributed by atoms with Crippen molar-refractivity contribution in [3.05, 3.63) is 30.3 Å². The number of rotatable bonds is 4. The van der Waals surface area contributed by atoms with Gasteiger partial charge in [-0.25, -0.2) is 0 Å². The van der Waals surface area contributed by atoms with Crippen molar-refractivity contribution in [2.45, 2.75) is 44.2 Å². The van der Waals surface area contributed by atoms with Gasteiger partial charge in [0.1, 0.15) is 5.75 Å². The molecule has 3 saturated heterocycles. The van der Waals surface area contributed by atoms with E-state index >= 15 is 0 Å². The Labute approximate surface area is 178 Å². The van der Waals surface area contributed by atoms with Crippen LogP contribution in [0.4, 0.5) is 0 Å². The minimum absolute atomic E-state index is 0.0430. The number of carbonyl (C=O) groups is 2. The van der Waals surface area contributed by atoms with Crippen molar-refractivity contribution in [1.82, 2.24) is 14.7 Å². The van der Waals surface area contributed by atoms with Crippen LogP contribution in [0, 0.1) is 0 Å². The van der Waals surface area contributed by atoms with Crippen molar-refractivity contribution < 1.29 is 19.1 Å². The molecule has 0 unspecified atom stereocenters. The second kappa shape index (κ2) is 9.35. The highest BCUT2D eigenvalue weighted by Crippen LogP contribution is 2.37. The number of benzene rings is 1. The van der Waals surface area contributed by atoms with Crippen LogP contribution in [0.1, 0.15) is 32.6 Å². The van der Waals surface area contributed by atoms with Gasteiger partial charge in [0.15, 0.2) is 6.61 Å². The Bertz CT molecular complexity index is 725. The first-order valence-electron chi connectivity index (χ1n) is 11.1. The summed E-state index contributed by atoms with van der Waals surface area (Å²) in [5, 5.41) is 0. The Kier molecular flexibility index (Phi) is 6.58. The minimum atomic E-state index is -0.113. The third kappa shape index (κ3) is 4.95. The van der Waals surface area contributed by atoms with E-state index in [0.29, 0.717) is 6.04 Å². The topological polar surface area (TPSA) is 62.3 Å². The first-order chi connectivity index (χ1) is 14.5. The summed E-state index contributed by atoms with van der Waals surface area (Å²) in [7, 11) is 0. The van der Waals surface area contributed by atoms with Crippen LogP contribution in [0.15, 0.2) is 30.3 Å². The van der Waals surface area contributed by atoms with Crippen LogP contribution in [-0.4, -0.2) is 90.6 Å². The molecule has 1 spiro atoms. The first-order valence-corrected chi connectivity index (χ1v) is 11.1. The van der Waals surface area contributed by atoms with Gasteiger partial charge in [-0.05, 0) is 37.8 Å².